The number of carbonyl (C=O) groups excluding carboxylic acids is 1. The van der Waals surface area contributed by atoms with Gasteiger partial charge in [-0.2, -0.15) is 0 Å². The van der Waals surface area contributed by atoms with Gasteiger partial charge in [-0.3, -0.25) is 9.59 Å². The van der Waals surface area contributed by atoms with Crippen LogP contribution in [0.4, 0.5) is 0 Å². The molecule has 0 aromatic carbocycles. The first-order valence-electron chi connectivity index (χ1n) is 8.86. The third-order valence-electron chi connectivity index (χ3n) is 3.41. The van der Waals surface area contributed by atoms with E-state index in [-0.39, 0.29) is 12.0 Å². The van der Waals surface area contributed by atoms with Crippen molar-refractivity contribution in [3.8, 4) is 0 Å². The number of hydrogen-bond donors (Lipinski definition) is 3. The molecule has 0 aliphatic carbocycles. The maximum Gasteiger partial charge on any atom is 0.322 e. The van der Waals surface area contributed by atoms with E-state index in [1.807, 2.05) is 26.0 Å². The highest BCUT2D eigenvalue weighted by Gasteiger charge is 2.21. The number of allylic oxidation sites excluding steroid dienone is 3. The van der Waals surface area contributed by atoms with Crippen molar-refractivity contribution < 1.29 is 19.4 Å². The lowest BCUT2D eigenvalue weighted by molar-refractivity contribution is -0.142. The van der Waals surface area contributed by atoms with Crippen LogP contribution in [0.5, 0.6) is 0 Å². The molecule has 0 saturated carbocycles. The molecule has 1 aromatic rings. The van der Waals surface area contributed by atoms with Crippen LogP contribution in [0.25, 0.3) is 6.08 Å². The first-order chi connectivity index (χ1) is 12.9. The van der Waals surface area contributed by atoms with Gasteiger partial charge in [0.05, 0.1) is 7.11 Å². The number of aliphatic carboxylic acids is 1. The molecule has 1 aliphatic heterocycles. The summed E-state index contributed by atoms with van der Waals surface area (Å²) in [6.45, 7) is 4.77. The minimum atomic E-state index is -0.711. The molecule has 1 fully saturated rings. The van der Waals surface area contributed by atoms with Crippen molar-refractivity contribution >= 4 is 35.6 Å². The van der Waals surface area contributed by atoms with Gasteiger partial charge >= 0.3 is 11.9 Å². The third kappa shape index (κ3) is 13.6. The fourth-order valence-electron chi connectivity index (χ4n) is 2.03. The molecule has 1 aliphatic rings. The van der Waals surface area contributed by atoms with E-state index in [9.17, 15) is 9.59 Å². The predicted octanol–water partition coefficient (Wildman–Crippen LogP) is 4.14. The molecule has 1 atom stereocenters. The van der Waals surface area contributed by atoms with Gasteiger partial charge in [0.25, 0.3) is 0 Å². The monoisotopic (exact) mass is 394 g/mol. The molecular weight excluding hydrogens is 364 g/mol. The molecule has 7 heteroatoms. The Hall–Kier alpha value is -2.25. The molecule has 2 rings (SSSR count). The number of rotatable bonds is 6. The van der Waals surface area contributed by atoms with Gasteiger partial charge in [-0.25, -0.2) is 0 Å². The first-order valence-corrected chi connectivity index (χ1v) is 9.74. The Bertz CT molecular complexity index is 604. The largest absolute Gasteiger partial charge is 0.481 e. The highest BCUT2D eigenvalue weighted by atomic mass is 32.1. The molecule has 0 radical (unpaired) electrons. The highest BCUT2D eigenvalue weighted by molar-refractivity contribution is 7.10. The summed E-state index contributed by atoms with van der Waals surface area (Å²) in [5.74, 6) is -0.843. The van der Waals surface area contributed by atoms with Gasteiger partial charge in [0, 0.05) is 17.5 Å². The summed E-state index contributed by atoms with van der Waals surface area (Å²) in [5, 5.41) is 19.9. The van der Waals surface area contributed by atoms with Crippen LogP contribution >= 0.6 is 11.3 Å². The fraction of sp³-hybridized carbons (Fsp3) is 0.450. The van der Waals surface area contributed by atoms with Crippen LogP contribution in [-0.2, 0) is 14.3 Å². The van der Waals surface area contributed by atoms with Crippen molar-refractivity contribution in [2.75, 3.05) is 13.7 Å². The predicted molar refractivity (Wildman–Crippen MR) is 111 cm³/mol. The van der Waals surface area contributed by atoms with E-state index < -0.39 is 5.97 Å². The quantitative estimate of drug-likeness (QED) is 0.382. The smallest absolute Gasteiger partial charge is 0.322 e. The average Bonchev–Trinajstić information content (AvgIpc) is 3.34. The maximum atomic E-state index is 10.7. The van der Waals surface area contributed by atoms with Crippen LogP contribution in [0.2, 0.25) is 0 Å². The van der Waals surface area contributed by atoms with E-state index in [4.69, 9.17) is 10.5 Å². The van der Waals surface area contributed by atoms with E-state index in [1.54, 1.807) is 17.4 Å². The maximum absolute atomic E-state index is 10.7. The standard InChI is InChI=1S/C10H11NS.C6H11NO2.C4H8O2/c1-9(6-7-11)4-5-10-3-2-8-12-10;1-9-6(8)5-3-2-4-7-5;1-2-3-4(5)6/h2-8,11H,1H3;5,7H,2-4H2,1H3;2-3H2,1H3,(H,5,6)/b5-4+,9-6+,11-7?;;. The topological polar surface area (TPSA) is 99.5 Å². The minimum Gasteiger partial charge on any atom is -0.481 e. The van der Waals surface area contributed by atoms with Crippen molar-refractivity contribution in [3.05, 3.63) is 40.1 Å². The number of ether oxygens (including phenoxy) is 1. The minimum absolute atomic E-state index is 0.0324. The number of carbonyl (C=O) groups is 2. The molecule has 27 heavy (non-hydrogen) atoms. The Morgan fingerprint density at radius 3 is 2.63 bits per heavy atom. The lowest BCUT2D eigenvalue weighted by Gasteiger charge is -2.04. The number of thiophene rings is 1. The van der Waals surface area contributed by atoms with E-state index in [0.29, 0.717) is 6.42 Å². The van der Waals surface area contributed by atoms with Crippen LogP contribution in [0, 0.1) is 5.41 Å². The summed E-state index contributed by atoms with van der Waals surface area (Å²) >= 11 is 1.71. The average molecular weight is 395 g/mol. The molecular formula is C20H30N2O4S. The second-order valence-corrected chi connectivity index (χ2v) is 6.72. The van der Waals surface area contributed by atoms with E-state index >= 15 is 0 Å². The van der Waals surface area contributed by atoms with Crippen molar-refractivity contribution in [1.29, 1.82) is 5.41 Å². The van der Waals surface area contributed by atoms with Gasteiger partial charge in [0.2, 0.25) is 0 Å². The normalized spacial score (nSPS) is 16.0. The lowest BCUT2D eigenvalue weighted by Crippen LogP contribution is -2.31. The van der Waals surface area contributed by atoms with Crippen molar-refractivity contribution in [2.24, 2.45) is 0 Å². The number of hydrogen-bond acceptors (Lipinski definition) is 6. The van der Waals surface area contributed by atoms with Crippen molar-refractivity contribution in [3.63, 3.8) is 0 Å². The highest BCUT2D eigenvalue weighted by Crippen LogP contribution is 2.11. The summed E-state index contributed by atoms with van der Waals surface area (Å²) in [7, 11) is 1.42. The molecule has 2 heterocycles. The molecule has 3 N–H and O–H groups in total. The summed E-state index contributed by atoms with van der Waals surface area (Å²) in [6.07, 6.45) is 10.2. The Balaban J connectivity index is 0.000000400. The number of nitrogens with one attached hydrogen (secondary N) is 2. The summed E-state index contributed by atoms with van der Waals surface area (Å²) in [5.41, 5.74) is 1.10. The lowest BCUT2D eigenvalue weighted by atomic mass is 10.2. The van der Waals surface area contributed by atoms with Crippen molar-refractivity contribution in [2.45, 2.75) is 45.6 Å². The van der Waals surface area contributed by atoms with Crippen LogP contribution in [0.1, 0.15) is 44.4 Å². The summed E-state index contributed by atoms with van der Waals surface area (Å²) in [6, 6.07) is 4.06. The van der Waals surface area contributed by atoms with Crippen LogP contribution in [-0.4, -0.2) is 43.0 Å². The first kappa shape index (κ1) is 24.8. The fourth-order valence-corrected chi connectivity index (χ4v) is 2.65. The van der Waals surface area contributed by atoms with E-state index in [2.05, 4.69) is 27.6 Å². The zero-order valence-corrected chi connectivity index (χ0v) is 17.1. The van der Waals surface area contributed by atoms with Crippen LogP contribution < -0.4 is 5.32 Å². The van der Waals surface area contributed by atoms with E-state index in [0.717, 1.165) is 31.4 Å². The third-order valence-corrected chi connectivity index (χ3v) is 4.25. The molecule has 0 amide bonds. The molecule has 1 unspecified atom stereocenters. The second-order valence-electron chi connectivity index (χ2n) is 5.74. The molecule has 0 bridgehead atoms. The van der Waals surface area contributed by atoms with Gasteiger partial charge in [-0.05, 0) is 61.9 Å². The molecule has 6 nitrogen and oxygen atoms in total. The van der Waals surface area contributed by atoms with Gasteiger partial charge < -0.3 is 20.6 Å². The summed E-state index contributed by atoms with van der Waals surface area (Å²) < 4.78 is 4.53. The number of carboxylic acids is 1. The van der Waals surface area contributed by atoms with Crippen LogP contribution in [0.15, 0.2) is 35.2 Å². The van der Waals surface area contributed by atoms with Crippen LogP contribution in [0.3, 0.4) is 0 Å². The molecule has 1 saturated heterocycles. The van der Waals surface area contributed by atoms with Crippen molar-refractivity contribution in [1.82, 2.24) is 5.32 Å². The van der Waals surface area contributed by atoms with Gasteiger partial charge in [0.15, 0.2) is 0 Å². The van der Waals surface area contributed by atoms with Gasteiger partial charge in [-0.1, -0.05) is 19.1 Å². The Morgan fingerprint density at radius 1 is 1.48 bits per heavy atom. The van der Waals surface area contributed by atoms with E-state index in [1.165, 1.54) is 18.2 Å². The molecule has 0 spiro atoms. The number of methoxy groups -OCH3 is 1. The molecule has 1 aromatic heterocycles. The van der Waals surface area contributed by atoms with Gasteiger partial charge in [-0.15, -0.1) is 11.3 Å². The zero-order valence-electron chi connectivity index (χ0n) is 16.2. The second kappa shape index (κ2) is 16.0. The Morgan fingerprint density at radius 2 is 2.22 bits per heavy atom. The number of esters is 1. The Labute approximate surface area is 165 Å². The zero-order chi connectivity index (χ0) is 20.5. The Kier molecular flexibility index (Phi) is 14.6. The SMILES string of the molecule is CC(/C=C/c1cccs1)=C\C=N.CCCC(=O)O.COC(=O)C1CCCN1. The molecule has 150 valence electrons. The van der Waals surface area contributed by atoms with Gasteiger partial charge in [0.1, 0.15) is 6.04 Å². The number of carboxylic acid groups (broad SMARTS) is 1. The summed E-state index contributed by atoms with van der Waals surface area (Å²) in [4.78, 5) is 21.6.